The van der Waals surface area contributed by atoms with Gasteiger partial charge in [-0.25, -0.2) is 4.39 Å². The first-order valence-electron chi connectivity index (χ1n) is 5.56. The minimum atomic E-state index is -0.443. The number of anilines is 1. The van der Waals surface area contributed by atoms with Crippen molar-refractivity contribution in [2.24, 2.45) is 0 Å². The Bertz CT molecular complexity index is 362. The first-order chi connectivity index (χ1) is 7.66. The van der Waals surface area contributed by atoms with Crippen molar-refractivity contribution in [3.05, 3.63) is 24.0 Å². The van der Waals surface area contributed by atoms with Gasteiger partial charge >= 0.3 is 0 Å². The van der Waals surface area contributed by atoms with Crippen LogP contribution < -0.4 is 10.5 Å². The van der Waals surface area contributed by atoms with Gasteiger partial charge in [-0.3, -0.25) is 0 Å². The molecule has 0 aliphatic carbocycles. The Hall–Kier alpha value is -1.29. The molecule has 1 aliphatic heterocycles. The SMILES string of the molecule is CN1CCC(Oc2cccc(N)c2F)CC1. The molecule has 0 spiro atoms. The molecular formula is C12H17FN2O. The number of rotatable bonds is 2. The monoisotopic (exact) mass is 224 g/mol. The average Bonchev–Trinajstić information content (AvgIpc) is 2.28. The quantitative estimate of drug-likeness (QED) is 0.779. The summed E-state index contributed by atoms with van der Waals surface area (Å²) < 4.78 is 19.2. The summed E-state index contributed by atoms with van der Waals surface area (Å²) >= 11 is 0. The van der Waals surface area contributed by atoms with E-state index in [0.29, 0.717) is 0 Å². The number of nitrogens with zero attached hydrogens (tertiary/aromatic N) is 1. The van der Waals surface area contributed by atoms with Crippen molar-refractivity contribution in [3.8, 4) is 5.75 Å². The number of nitrogen functional groups attached to an aromatic ring is 1. The molecule has 0 amide bonds. The third kappa shape index (κ3) is 2.44. The van der Waals surface area contributed by atoms with Crippen LogP contribution in [0.4, 0.5) is 10.1 Å². The fraction of sp³-hybridized carbons (Fsp3) is 0.500. The second-order valence-corrected chi connectivity index (χ2v) is 4.28. The number of hydrogen-bond acceptors (Lipinski definition) is 3. The smallest absolute Gasteiger partial charge is 0.187 e. The Morgan fingerprint density at radius 1 is 1.38 bits per heavy atom. The predicted molar refractivity (Wildman–Crippen MR) is 62.0 cm³/mol. The molecule has 0 aromatic heterocycles. The maximum Gasteiger partial charge on any atom is 0.187 e. The molecule has 0 radical (unpaired) electrons. The Morgan fingerprint density at radius 2 is 2.06 bits per heavy atom. The fourth-order valence-electron chi connectivity index (χ4n) is 1.90. The molecule has 1 heterocycles. The molecule has 1 aliphatic rings. The normalized spacial score (nSPS) is 18.6. The lowest BCUT2D eigenvalue weighted by Crippen LogP contribution is -2.35. The third-order valence-electron chi connectivity index (χ3n) is 2.95. The third-order valence-corrected chi connectivity index (χ3v) is 2.95. The average molecular weight is 224 g/mol. The van der Waals surface area contributed by atoms with Gasteiger partial charge in [0.05, 0.1) is 5.69 Å². The molecule has 1 aromatic carbocycles. The summed E-state index contributed by atoms with van der Waals surface area (Å²) in [6, 6.07) is 4.88. The van der Waals surface area contributed by atoms with Gasteiger partial charge in [0.2, 0.25) is 0 Å². The first-order valence-corrected chi connectivity index (χ1v) is 5.56. The number of nitrogens with two attached hydrogens (primary N) is 1. The van der Waals surface area contributed by atoms with Crippen LogP contribution in [0.1, 0.15) is 12.8 Å². The number of halogens is 1. The van der Waals surface area contributed by atoms with Crippen LogP contribution in [-0.2, 0) is 0 Å². The van der Waals surface area contributed by atoms with Gasteiger partial charge < -0.3 is 15.4 Å². The molecule has 16 heavy (non-hydrogen) atoms. The van der Waals surface area contributed by atoms with E-state index in [-0.39, 0.29) is 17.5 Å². The van der Waals surface area contributed by atoms with Crippen molar-refractivity contribution < 1.29 is 9.13 Å². The lowest BCUT2D eigenvalue weighted by molar-refractivity contribution is 0.110. The first kappa shape index (κ1) is 11.2. The second-order valence-electron chi connectivity index (χ2n) is 4.28. The molecule has 1 aromatic rings. The van der Waals surface area contributed by atoms with E-state index in [2.05, 4.69) is 11.9 Å². The van der Waals surface area contributed by atoms with Crippen molar-refractivity contribution in [2.45, 2.75) is 18.9 Å². The molecule has 0 bridgehead atoms. The Labute approximate surface area is 95.0 Å². The van der Waals surface area contributed by atoms with Crippen molar-refractivity contribution in [3.63, 3.8) is 0 Å². The molecule has 0 saturated carbocycles. The number of piperidine rings is 1. The number of benzene rings is 1. The summed E-state index contributed by atoms with van der Waals surface area (Å²) in [7, 11) is 2.08. The van der Waals surface area contributed by atoms with Gasteiger partial charge in [-0.2, -0.15) is 0 Å². The largest absolute Gasteiger partial charge is 0.487 e. The second kappa shape index (κ2) is 4.70. The highest BCUT2D eigenvalue weighted by atomic mass is 19.1. The highest BCUT2D eigenvalue weighted by molar-refractivity contribution is 5.45. The molecule has 4 heteroatoms. The number of hydrogen-bond donors (Lipinski definition) is 1. The van der Waals surface area contributed by atoms with Crippen molar-refractivity contribution in [1.82, 2.24) is 4.90 Å². The van der Waals surface area contributed by atoms with E-state index in [1.165, 1.54) is 6.07 Å². The van der Waals surface area contributed by atoms with E-state index in [1.54, 1.807) is 12.1 Å². The molecule has 88 valence electrons. The molecule has 0 atom stereocenters. The highest BCUT2D eigenvalue weighted by Crippen LogP contribution is 2.25. The summed E-state index contributed by atoms with van der Waals surface area (Å²) in [6.45, 7) is 1.99. The van der Waals surface area contributed by atoms with Gasteiger partial charge in [0.1, 0.15) is 6.10 Å². The molecule has 2 rings (SSSR count). The van der Waals surface area contributed by atoms with Gasteiger partial charge in [0, 0.05) is 13.1 Å². The lowest BCUT2D eigenvalue weighted by atomic mass is 10.1. The molecular weight excluding hydrogens is 207 g/mol. The van der Waals surface area contributed by atoms with Crippen LogP contribution >= 0.6 is 0 Å². The zero-order valence-corrected chi connectivity index (χ0v) is 9.45. The van der Waals surface area contributed by atoms with E-state index in [4.69, 9.17) is 10.5 Å². The maximum atomic E-state index is 13.6. The maximum absolute atomic E-state index is 13.6. The summed E-state index contributed by atoms with van der Waals surface area (Å²) in [5, 5.41) is 0. The van der Waals surface area contributed by atoms with E-state index < -0.39 is 5.82 Å². The van der Waals surface area contributed by atoms with Crippen molar-refractivity contribution in [2.75, 3.05) is 25.9 Å². The van der Waals surface area contributed by atoms with Crippen LogP contribution in [0, 0.1) is 5.82 Å². The predicted octanol–water partition coefficient (Wildman–Crippen LogP) is 1.88. The summed E-state index contributed by atoms with van der Waals surface area (Å²) in [6.07, 6.45) is 1.97. The van der Waals surface area contributed by atoms with Crippen LogP contribution in [0.2, 0.25) is 0 Å². The Balaban J connectivity index is 2.01. The van der Waals surface area contributed by atoms with Crippen LogP contribution in [-0.4, -0.2) is 31.1 Å². The number of ether oxygens (including phenoxy) is 1. The van der Waals surface area contributed by atoms with E-state index in [9.17, 15) is 4.39 Å². The van der Waals surface area contributed by atoms with Crippen LogP contribution in [0.3, 0.4) is 0 Å². The zero-order chi connectivity index (χ0) is 11.5. The van der Waals surface area contributed by atoms with E-state index >= 15 is 0 Å². The van der Waals surface area contributed by atoms with Gasteiger partial charge in [-0.15, -0.1) is 0 Å². The highest BCUT2D eigenvalue weighted by Gasteiger charge is 2.19. The van der Waals surface area contributed by atoms with Crippen molar-refractivity contribution >= 4 is 5.69 Å². The van der Waals surface area contributed by atoms with Gasteiger partial charge in [-0.1, -0.05) is 6.07 Å². The standard InChI is InChI=1S/C12H17FN2O/c1-15-7-5-9(6-8-15)16-11-4-2-3-10(14)12(11)13/h2-4,9H,5-8,14H2,1H3. The van der Waals surface area contributed by atoms with Crippen LogP contribution in [0.15, 0.2) is 18.2 Å². The molecule has 2 N–H and O–H groups in total. The summed E-state index contributed by atoms with van der Waals surface area (Å²) in [4.78, 5) is 2.25. The van der Waals surface area contributed by atoms with E-state index in [1.807, 2.05) is 0 Å². The van der Waals surface area contributed by atoms with Gasteiger partial charge in [0.15, 0.2) is 11.6 Å². The topological polar surface area (TPSA) is 38.5 Å². The minimum Gasteiger partial charge on any atom is -0.487 e. The summed E-state index contributed by atoms with van der Waals surface area (Å²) in [5.41, 5.74) is 5.63. The molecule has 1 saturated heterocycles. The van der Waals surface area contributed by atoms with Gasteiger partial charge in [-0.05, 0) is 32.0 Å². The van der Waals surface area contributed by atoms with Gasteiger partial charge in [0.25, 0.3) is 0 Å². The lowest BCUT2D eigenvalue weighted by Gasteiger charge is -2.29. The van der Waals surface area contributed by atoms with Crippen molar-refractivity contribution in [1.29, 1.82) is 0 Å². The Morgan fingerprint density at radius 3 is 2.75 bits per heavy atom. The fourth-order valence-corrected chi connectivity index (χ4v) is 1.90. The van der Waals surface area contributed by atoms with E-state index in [0.717, 1.165) is 25.9 Å². The van der Waals surface area contributed by atoms with Crippen LogP contribution in [0.25, 0.3) is 0 Å². The Kier molecular flexibility index (Phi) is 3.29. The summed E-state index contributed by atoms with van der Waals surface area (Å²) in [5.74, 6) is -0.170. The molecule has 0 unspecified atom stereocenters. The minimum absolute atomic E-state index is 0.104. The van der Waals surface area contributed by atoms with Crippen LogP contribution in [0.5, 0.6) is 5.75 Å². The number of likely N-dealkylation sites (tertiary alicyclic amines) is 1. The molecule has 3 nitrogen and oxygen atoms in total. The molecule has 1 fully saturated rings. The zero-order valence-electron chi connectivity index (χ0n) is 9.45.